The summed E-state index contributed by atoms with van der Waals surface area (Å²) in [6.45, 7) is 5.97. The molecule has 0 unspecified atom stereocenters. The van der Waals surface area contributed by atoms with Crippen molar-refractivity contribution in [1.29, 1.82) is 0 Å². The van der Waals surface area contributed by atoms with Gasteiger partial charge in [-0.3, -0.25) is 14.4 Å². The van der Waals surface area contributed by atoms with E-state index in [2.05, 4.69) is 0 Å². The minimum absolute atomic E-state index is 0.0692. The molecule has 0 aliphatic heterocycles. The van der Waals surface area contributed by atoms with Gasteiger partial charge in [0.15, 0.2) is 5.41 Å². The molecule has 0 spiro atoms. The summed E-state index contributed by atoms with van der Waals surface area (Å²) in [7, 11) is 0. The molecule has 6 nitrogen and oxygen atoms in total. The molecule has 0 aromatic rings. The zero-order chi connectivity index (χ0) is 17.0. The highest BCUT2D eigenvalue weighted by Gasteiger charge is 2.56. The van der Waals surface area contributed by atoms with E-state index in [9.17, 15) is 14.4 Å². The molecule has 0 aromatic heterocycles. The number of hydrogen-bond acceptors (Lipinski definition) is 6. The molecule has 0 aromatic carbocycles. The zero-order valence-electron chi connectivity index (χ0n) is 13.9. The van der Waals surface area contributed by atoms with Crippen molar-refractivity contribution in [3.8, 4) is 0 Å². The average molecular weight is 324 g/mol. The van der Waals surface area contributed by atoms with Crippen LogP contribution in [-0.4, -0.2) is 37.7 Å². The Morgan fingerprint density at radius 3 is 2.13 bits per heavy atom. The van der Waals surface area contributed by atoms with Crippen molar-refractivity contribution in [3.63, 3.8) is 0 Å². The summed E-state index contributed by atoms with van der Waals surface area (Å²) in [6.07, 6.45) is 3.14. The van der Waals surface area contributed by atoms with Gasteiger partial charge in [0.2, 0.25) is 0 Å². The number of ether oxygens (including phenoxy) is 3. The van der Waals surface area contributed by atoms with Gasteiger partial charge in [0.05, 0.1) is 25.7 Å². The van der Waals surface area contributed by atoms with E-state index in [1.807, 2.05) is 6.08 Å². The van der Waals surface area contributed by atoms with Gasteiger partial charge >= 0.3 is 17.9 Å². The average Bonchev–Trinajstić information content (AvgIpc) is 3.19. The number of rotatable bonds is 7. The second-order valence-electron chi connectivity index (χ2n) is 5.88. The summed E-state index contributed by atoms with van der Waals surface area (Å²) in [4.78, 5) is 36.5. The molecule has 0 heterocycles. The van der Waals surface area contributed by atoms with Gasteiger partial charge in [-0.2, -0.15) is 0 Å². The van der Waals surface area contributed by atoms with Gasteiger partial charge in [-0.1, -0.05) is 11.6 Å². The monoisotopic (exact) mass is 324 g/mol. The number of esters is 3. The molecule has 23 heavy (non-hydrogen) atoms. The lowest BCUT2D eigenvalue weighted by Gasteiger charge is -2.24. The second kappa shape index (κ2) is 7.15. The Morgan fingerprint density at radius 2 is 1.61 bits per heavy atom. The third-order valence-corrected chi connectivity index (χ3v) is 4.41. The van der Waals surface area contributed by atoms with Crippen LogP contribution in [0.4, 0.5) is 0 Å². The standard InChI is InChI=1S/C17H24O6/c1-4-21-14(18)13-9-12(13)11-7-8-17(10-11,15(19)22-5-2)16(20)23-6-3/h7,12-13H,4-6,8-10H2,1-3H3/t12-,13-/m1/s1. The largest absolute Gasteiger partial charge is 0.466 e. The quantitative estimate of drug-likeness (QED) is 0.308. The molecule has 0 bridgehead atoms. The molecule has 6 heteroatoms. The molecule has 0 N–H and O–H groups in total. The van der Waals surface area contributed by atoms with Crippen LogP contribution < -0.4 is 0 Å². The van der Waals surface area contributed by atoms with E-state index in [0.717, 1.165) is 5.57 Å². The van der Waals surface area contributed by atoms with Crippen molar-refractivity contribution >= 4 is 17.9 Å². The van der Waals surface area contributed by atoms with E-state index in [4.69, 9.17) is 14.2 Å². The van der Waals surface area contributed by atoms with Crippen LogP contribution in [0.5, 0.6) is 0 Å². The number of hydrogen-bond donors (Lipinski definition) is 0. The van der Waals surface area contributed by atoms with Gasteiger partial charge in [-0.15, -0.1) is 0 Å². The maximum Gasteiger partial charge on any atom is 0.324 e. The third kappa shape index (κ3) is 3.41. The van der Waals surface area contributed by atoms with E-state index >= 15 is 0 Å². The summed E-state index contributed by atoms with van der Waals surface area (Å²) in [6, 6.07) is 0. The maximum absolute atomic E-state index is 12.3. The fourth-order valence-corrected chi connectivity index (χ4v) is 3.13. The van der Waals surface area contributed by atoms with Crippen LogP contribution in [0, 0.1) is 17.3 Å². The lowest BCUT2D eigenvalue weighted by atomic mass is 9.83. The molecule has 1 fully saturated rings. The Labute approximate surface area is 136 Å². The van der Waals surface area contributed by atoms with E-state index in [0.29, 0.717) is 13.0 Å². The van der Waals surface area contributed by atoms with E-state index in [-0.39, 0.29) is 43.9 Å². The minimum atomic E-state index is -1.29. The fraction of sp³-hybridized carbons (Fsp3) is 0.706. The lowest BCUT2D eigenvalue weighted by molar-refractivity contribution is -0.171. The first-order valence-electron chi connectivity index (χ1n) is 8.20. The summed E-state index contributed by atoms with van der Waals surface area (Å²) in [5.74, 6) is -1.37. The molecular weight excluding hydrogens is 300 g/mol. The minimum Gasteiger partial charge on any atom is -0.466 e. The Bertz CT molecular complexity index is 503. The molecular formula is C17H24O6. The van der Waals surface area contributed by atoms with Gasteiger partial charge in [-0.25, -0.2) is 0 Å². The molecule has 0 amide bonds. The maximum atomic E-state index is 12.3. The first-order chi connectivity index (χ1) is 11.0. The third-order valence-electron chi connectivity index (χ3n) is 4.41. The van der Waals surface area contributed by atoms with Crippen molar-refractivity contribution in [2.75, 3.05) is 19.8 Å². The normalized spacial score (nSPS) is 24.6. The molecule has 128 valence electrons. The van der Waals surface area contributed by atoms with Gasteiger partial charge in [-0.05, 0) is 46.0 Å². The van der Waals surface area contributed by atoms with Gasteiger partial charge in [0.1, 0.15) is 0 Å². The topological polar surface area (TPSA) is 78.9 Å². The molecule has 0 saturated heterocycles. The molecule has 2 aliphatic rings. The molecule has 2 rings (SSSR count). The van der Waals surface area contributed by atoms with Crippen molar-refractivity contribution in [3.05, 3.63) is 11.6 Å². The van der Waals surface area contributed by atoms with Crippen molar-refractivity contribution in [2.24, 2.45) is 17.3 Å². The van der Waals surface area contributed by atoms with Crippen LogP contribution in [0.3, 0.4) is 0 Å². The van der Waals surface area contributed by atoms with Crippen LogP contribution in [0.15, 0.2) is 11.6 Å². The van der Waals surface area contributed by atoms with Crippen LogP contribution in [0.2, 0.25) is 0 Å². The summed E-state index contributed by atoms with van der Waals surface area (Å²) in [5, 5.41) is 0. The van der Waals surface area contributed by atoms with Crippen LogP contribution in [0.25, 0.3) is 0 Å². The van der Waals surface area contributed by atoms with E-state index in [1.54, 1.807) is 20.8 Å². The SMILES string of the molecule is CCOC(=O)[C@@H]1C[C@@H]1C1=CCC(C(=O)OCC)(C(=O)OCC)C1. The van der Waals surface area contributed by atoms with E-state index in [1.165, 1.54) is 0 Å². The summed E-state index contributed by atoms with van der Waals surface area (Å²) in [5.41, 5.74) is -0.326. The first-order valence-corrected chi connectivity index (χ1v) is 8.20. The Hall–Kier alpha value is -1.85. The van der Waals surface area contributed by atoms with Crippen molar-refractivity contribution in [2.45, 2.75) is 40.0 Å². The highest BCUT2D eigenvalue weighted by atomic mass is 16.6. The number of carbonyl (C=O) groups excluding carboxylic acids is 3. The van der Waals surface area contributed by atoms with Gasteiger partial charge in [0.25, 0.3) is 0 Å². The number of allylic oxidation sites excluding steroid dienone is 2. The number of carbonyl (C=O) groups is 3. The summed E-state index contributed by atoms with van der Waals surface area (Å²) >= 11 is 0. The van der Waals surface area contributed by atoms with Crippen molar-refractivity contribution in [1.82, 2.24) is 0 Å². The Balaban J connectivity index is 2.07. The predicted octanol–water partition coefficient (Wildman–Crippen LogP) is 2.02. The Kier molecular flexibility index (Phi) is 5.44. The first kappa shape index (κ1) is 17.5. The van der Waals surface area contributed by atoms with E-state index < -0.39 is 17.4 Å². The zero-order valence-corrected chi connectivity index (χ0v) is 13.9. The highest BCUT2D eigenvalue weighted by Crippen LogP contribution is 2.53. The lowest BCUT2D eigenvalue weighted by Crippen LogP contribution is -2.40. The fourth-order valence-electron chi connectivity index (χ4n) is 3.13. The smallest absolute Gasteiger partial charge is 0.324 e. The molecule has 1 saturated carbocycles. The summed E-state index contributed by atoms with van der Waals surface area (Å²) < 4.78 is 15.2. The second-order valence-corrected chi connectivity index (χ2v) is 5.88. The Morgan fingerprint density at radius 1 is 1.04 bits per heavy atom. The molecule has 0 radical (unpaired) electrons. The van der Waals surface area contributed by atoms with Gasteiger partial charge in [0, 0.05) is 0 Å². The van der Waals surface area contributed by atoms with Gasteiger partial charge < -0.3 is 14.2 Å². The van der Waals surface area contributed by atoms with Crippen LogP contribution in [0.1, 0.15) is 40.0 Å². The molecule has 2 aliphatic carbocycles. The van der Waals surface area contributed by atoms with Crippen LogP contribution in [-0.2, 0) is 28.6 Å². The van der Waals surface area contributed by atoms with Crippen molar-refractivity contribution < 1.29 is 28.6 Å². The van der Waals surface area contributed by atoms with Crippen LogP contribution >= 0.6 is 0 Å². The predicted molar refractivity (Wildman–Crippen MR) is 81.2 cm³/mol. The molecule has 2 atom stereocenters. The highest BCUT2D eigenvalue weighted by molar-refractivity contribution is 6.01.